The average Bonchev–Trinajstić information content (AvgIpc) is 2.55. The zero-order chi connectivity index (χ0) is 15.8. The van der Waals surface area contributed by atoms with Crippen molar-refractivity contribution in [2.24, 2.45) is 0 Å². The van der Waals surface area contributed by atoms with Crippen LogP contribution in [-0.4, -0.2) is 25.5 Å². The van der Waals surface area contributed by atoms with E-state index in [0.717, 1.165) is 5.56 Å². The first-order valence-electron chi connectivity index (χ1n) is 6.92. The molecule has 0 aliphatic carbocycles. The molecular weight excluding hydrogens is 280 g/mol. The normalized spacial score (nSPS) is 10.0. The number of anilines is 1. The molecule has 0 saturated heterocycles. The number of amides is 1. The first kappa shape index (κ1) is 15.7. The quantitative estimate of drug-likeness (QED) is 0.802. The number of nitrogens with one attached hydrogen (secondary N) is 2. The van der Waals surface area contributed by atoms with Crippen molar-refractivity contribution in [3.05, 3.63) is 65.7 Å². The molecule has 2 N–H and O–H groups in total. The molecule has 0 aromatic heterocycles. The van der Waals surface area contributed by atoms with E-state index in [1.54, 1.807) is 24.3 Å². The van der Waals surface area contributed by atoms with Gasteiger partial charge in [0, 0.05) is 12.2 Å². The highest BCUT2D eigenvalue weighted by Gasteiger charge is 2.07. The van der Waals surface area contributed by atoms with E-state index in [0.29, 0.717) is 17.8 Å². The molecule has 0 aliphatic rings. The van der Waals surface area contributed by atoms with Crippen molar-refractivity contribution in [1.29, 1.82) is 0 Å². The number of benzene rings is 2. The Labute approximate surface area is 129 Å². The van der Waals surface area contributed by atoms with E-state index in [1.807, 2.05) is 30.3 Å². The van der Waals surface area contributed by atoms with Crippen LogP contribution in [0.25, 0.3) is 0 Å². The lowest BCUT2D eigenvalue weighted by Gasteiger charge is -2.08. The fraction of sp³-hybridized carbons (Fsp3) is 0.176. The fourth-order valence-corrected chi connectivity index (χ4v) is 1.96. The zero-order valence-electron chi connectivity index (χ0n) is 12.3. The number of methoxy groups -OCH3 is 1. The predicted octanol–water partition coefficient (Wildman–Crippen LogP) is 2.20. The van der Waals surface area contributed by atoms with Gasteiger partial charge in [0.1, 0.15) is 0 Å². The van der Waals surface area contributed by atoms with Crippen LogP contribution in [0.15, 0.2) is 54.6 Å². The molecule has 0 unspecified atom stereocenters. The third-order valence-corrected chi connectivity index (χ3v) is 3.02. The van der Waals surface area contributed by atoms with Gasteiger partial charge in [0.25, 0.3) is 0 Å². The van der Waals surface area contributed by atoms with Crippen LogP contribution in [0.3, 0.4) is 0 Å². The van der Waals surface area contributed by atoms with E-state index in [2.05, 4.69) is 15.4 Å². The molecule has 2 aromatic rings. The van der Waals surface area contributed by atoms with Crippen LogP contribution in [0.4, 0.5) is 5.69 Å². The third kappa shape index (κ3) is 4.71. The Morgan fingerprint density at radius 3 is 2.55 bits per heavy atom. The molecule has 0 aliphatic heterocycles. The minimum absolute atomic E-state index is 0.169. The summed E-state index contributed by atoms with van der Waals surface area (Å²) in [6, 6.07) is 16.5. The molecule has 2 rings (SSSR count). The number of esters is 1. The van der Waals surface area contributed by atoms with Crippen molar-refractivity contribution in [2.45, 2.75) is 6.54 Å². The Morgan fingerprint density at radius 1 is 1.05 bits per heavy atom. The first-order chi connectivity index (χ1) is 10.7. The van der Waals surface area contributed by atoms with Gasteiger partial charge in [0.15, 0.2) is 0 Å². The molecule has 114 valence electrons. The van der Waals surface area contributed by atoms with Gasteiger partial charge in [-0.2, -0.15) is 0 Å². The standard InChI is InChI=1S/C17H18N2O3/c1-22-17(21)14-8-5-9-15(10-14)19-16(20)12-18-11-13-6-3-2-4-7-13/h2-10,18H,11-12H2,1H3,(H,19,20). The van der Waals surface area contributed by atoms with Gasteiger partial charge < -0.3 is 15.4 Å². The monoisotopic (exact) mass is 298 g/mol. The SMILES string of the molecule is COC(=O)c1cccc(NC(=O)CNCc2ccccc2)c1. The molecule has 0 spiro atoms. The van der Waals surface area contributed by atoms with E-state index >= 15 is 0 Å². The smallest absolute Gasteiger partial charge is 0.337 e. The van der Waals surface area contributed by atoms with Gasteiger partial charge in [-0.3, -0.25) is 4.79 Å². The van der Waals surface area contributed by atoms with Gasteiger partial charge in [0.2, 0.25) is 5.91 Å². The van der Waals surface area contributed by atoms with E-state index in [1.165, 1.54) is 7.11 Å². The number of ether oxygens (including phenoxy) is 1. The molecule has 2 aromatic carbocycles. The maximum absolute atomic E-state index is 11.9. The van der Waals surface area contributed by atoms with Crippen LogP contribution < -0.4 is 10.6 Å². The van der Waals surface area contributed by atoms with E-state index in [9.17, 15) is 9.59 Å². The number of carbonyl (C=O) groups excluding carboxylic acids is 2. The molecule has 0 heterocycles. The minimum Gasteiger partial charge on any atom is -0.465 e. The van der Waals surface area contributed by atoms with Crippen LogP contribution in [-0.2, 0) is 16.1 Å². The van der Waals surface area contributed by atoms with Gasteiger partial charge >= 0.3 is 5.97 Å². The summed E-state index contributed by atoms with van der Waals surface area (Å²) in [5.74, 6) is -0.601. The first-order valence-corrected chi connectivity index (χ1v) is 6.92. The second-order valence-electron chi connectivity index (χ2n) is 4.71. The fourth-order valence-electron chi connectivity index (χ4n) is 1.96. The van der Waals surface area contributed by atoms with Gasteiger partial charge in [-0.1, -0.05) is 36.4 Å². The zero-order valence-corrected chi connectivity index (χ0v) is 12.3. The van der Waals surface area contributed by atoms with Gasteiger partial charge in [-0.15, -0.1) is 0 Å². The lowest BCUT2D eigenvalue weighted by atomic mass is 10.2. The van der Waals surface area contributed by atoms with E-state index < -0.39 is 5.97 Å². The minimum atomic E-state index is -0.432. The molecule has 22 heavy (non-hydrogen) atoms. The largest absolute Gasteiger partial charge is 0.465 e. The van der Waals surface area contributed by atoms with Crippen LogP contribution in [0, 0.1) is 0 Å². The van der Waals surface area contributed by atoms with Crippen molar-refractivity contribution in [2.75, 3.05) is 19.0 Å². The Balaban J connectivity index is 1.83. The molecule has 0 atom stereocenters. The highest BCUT2D eigenvalue weighted by Crippen LogP contribution is 2.11. The maximum Gasteiger partial charge on any atom is 0.337 e. The summed E-state index contributed by atoms with van der Waals surface area (Å²) in [5.41, 5.74) is 2.08. The van der Waals surface area contributed by atoms with Crippen molar-refractivity contribution in [1.82, 2.24) is 5.32 Å². The number of hydrogen-bond acceptors (Lipinski definition) is 4. The van der Waals surface area contributed by atoms with Crippen LogP contribution in [0.2, 0.25) is 0 Å². The van der Waals surface area contributed by atoms with Crippen LogP contribution in [0.1, 0.15) is 15.9 Å². The lowest BCUT2D eigenvalue weighted by molar-refractivity contribution is -0.115. The Morgan fingerprint density at radius 2 is 1.82 bits per heavy atom. The van der Waals surface area contributed by atoms with Crippen molar-refractivity contribution in [3.8, 4) is 0 Å². The van der Waals surface area contributed by atoms with Crippen molar-refractivity contribution < 1.29 is 14.3 Å². The Kier molecular flexibility index (Phi) is 5.68. The molecule has 0 saturated carbocycles. The summed E-state index contributed by atoms with van der Waals surface area (Å²) >= 11 is 0. The molecule has 0 fully saturated rings. The molecule has 5 heteroatoms. The number of carbonyl (C=O) groups is 2. The maximum atomic E-state index is 11.9. The van der Waals surface area contributed by atoms with Gasteiger partial charge in [0.05, 0.1) is 19.2 Å². The molecule has 1 amide bonds. The second-order valence-corrected chi connectivity index (χ2v) is 4.71. The number of hydrogen-bond donors (Lipinski definition) is 2. The summed E-state index contributed by atoms with van der Waals surface area (Å²) in [6.07, 6.45) is 0. The molecule has 5 nitrogen and oxygen atoms in total. The average molecular weight is 298 g/mol. The third-order valence-electron chi connectivity index (χ3n) is 3.02. The van der Waals surface area contributed by atoms with E-state index in [-0.39, 0.29) is 12.5 Å². The summed E-state index contributed by atoms with van der Waals surface area (Å²) in [7, 11) is 1.32. The molecular formula is C17H18N2O3. The highest BCUT2D eigenvalue weighted by atomic mass is 16.5. The Hall–Kier alpha value is -2.66. The molecule has 0 radical (unpaired) electrons. The van der Waals surface area contributed by atoms with Gasteiger partial charge in [-0.25, -0.2) is 4.79 Å². The summed E-state index contributed by atoms with van der Waals surface area (Å²) < 4.78 is 4.65. The Bertz CT molecular complexity index is 641. The van der Waals surface area contributed by atoms with Crippen molar-refractivity contribution >= 4 is 17.6 Å². The van der Waals surface area contributed by atoms with Gasteiger partial charge in [-0.05, 0) is 23.8 Å². The summed E-state index contributed by atoms with van der Waals surface area (Å²) in [6.45, 7) is 0.813. The number of rotatable bonds is 6. The van der Waals surface area contributed by atoms with E-state index in [4.69, 9.17) is 0 Å². The van der Waals surface area contributed by atoms with Crippen LogP contribution in [0.5, 0.6) is 0 Å². The van der Waals surface area contributed by atoms with Crippen molar-refractivity contribution in [3.63, 3.8) is 0 Å². The van der Waals surface area contributed by atoms with Crippen LogP contribution >= 0.6 is 0 Å². The predicted molar refractivity (Wildman–Crippen MR) is 84.6 cm³/mol. The topological polar surface area (TPSA) is 67.4 Å². The molecule has 0 bridgehead atoms. The summed E-state index contributed by atoms with van der Waals surface area (Å²) in [4.78, 5) is 23.3. The second kappa shape index (κ2) is 7.95. The summed E-state index contributed by atoms with van der Waals surface area (Å²) in [5, 5.41) is 5.80. The lowest BCUT2D eigenvalue weighted by Crippen LogP contribution is -2.27. The highest BCUT2D eigenvalue weighted by molar-refractivity contribution is 5.95.